The molecule has 0 fully saturated rings. The molecule has 0 saturated carbocycles. The lowest BCUT2D eigenvalue weighted by atomic mass is 10.1. The van der Waals surface area contributed by atoms with Gasteiger partial charge in [0.15, 0.2) is 0 Å². The molecule has 1 aliphatic heterocycles. The Morgan fingerprint density at radius 1 is 1.43 bits per heavy atom. The van der Waals surface area contributed by atoms with Crippen LogP contribution in [0.5, 0.6) is 0 Å². The second-order valence-corrected chi connectivity index (χ2v) is 3.78. The molecular formula is C8H8BrClN2O2. The summed E-state index contributed by atoms with van der Waals surface area (Å²) in [5, 5.41) is 13.7. The number of hydrogen-bond acceptors (Lipinski definition) is 3. The summed E-state index contributed by atoms with van der Waals surface area (Å²) in [6.07, 6.45) is 0. The number of halogens is 2. The highest BCUT2D eigenvalue weighted by atomic mass is 79.9. The van der Waals surface area contributed by atoms with Crippen LogP contribution in [0.15, 0.2) is 16.6 Å². The van der Waals surface area contributed by atoms with Crippen LogP contribution in [-0.4, -0.2) is 4.92 Å². The number of benzene rings is 1. The Balaban J connectivity index is 0.000000980. The van der Waals surface area contributed by atoms with E-state index < -0.39 is 0 Å². The summed E-state index contributed by atoms with van der Waals surface area (Å²) in [7, 11) is 0. The molecule has 0 saturated heterocycles. The zero-order valence-corrected chi connectivity index (χ0v) is 9.52. The molecule has 2 rings (SSSR count). The normalized spacial score (nSPS) is 13.2. The van der Waals surface area contributed by atoms with Crippen molar-refractivity contribution >= 4 is 34.0 Å². The lowest BCUT2D eigenvalue weighted by molar-refractivity contribution is -0.385. The average molecular weight is 280 g/mol. The van der Waals surface area contributed by atoms with Crippen LogP contribution in [0.2, 0.25) is 0 Å². The van der Waals surface area contributed by atoms with Crippen LogP contribution in [-0.2, 0) is 13.1 Å². The van der Waals surface area contributed by atoms with E-state index in [4.69, 9.17) is 0 Å². The van der Waals surface area contributed by atoms with E-state index in [9.17, 15) is 10.1 Å². The summed E-state index contributed by atoms with van der Waals surface area (Å²) in [6.45, 7) is 1.50. The molecule has 0 spiro atoms. The minimum absolute atomic E-state index is 0. The molecule has 1 aromatic rings. The number of nitro benzene ring substituents is 1. The monoisotopic (exact) mass is 278 g/mol. The molecule has 1 heterocycles. The van der Waals surface area contributed by atoms with Crippen molar-refractivity contribution in [3.8, 4) is 0 Å². The molecule has 0 aromatic heterocycles. The molecule has 1 aliphatic rings. The van der Waals surface area contributed by atoms with Gasteiger partial charge >= 0.3 is 0 Å². The van der Waals surface area contributed by atoms with Gasteiger partial charge in [0.1, 0.15) is 0 Å². The van der Waals surface area contributed by atoms with Gasteiger partial charge in [-0.3, -0.25) is 10.1 Å². The second kappa shape index (κ2) is 4.25. The van der Waals surface area contributed by atoms with Gasteiger partial charge in [0.05, 0.1) is 4.92 Å². The molecule has 0 aliphatic carbocycles. The first-order chi connectivity index (χ1) is 6.18. The molecule has 14 heavy (non-hydrogen) atoms. The van der Waals surface area contributed by atoms with Gasteiger partial charge in [-0.25, -0.2) is 0 Å². The first-order valence-corrected chi connectivity index (χ1v) is 4.64. The SMILES string of the molecule is Cl.O=[N+]([O-])c1cc(Br)c2c(c1)CNC2. The second-order valence-electron chi connectivity index (χ2n) is 2.93. The topological polar surface area (TPSA) is 55.2 Å². The van der Waals surface area contributed by atoms with E-state index in [1.165, 1.54) is 0 Å². The lowest BCUT2D eigenvalue weighted by Crippen LogP contribution is -2.00. The summed E-state index contributed by atoms with van der Waals surface area (Å²) < 4.78 is 0.821. The van der Waals surface area contributed by atoms with Gasteiger partial charge in [-0.1, -0.05) is 15.9 Å². The van der Waals surface area contributed by atoms with E-state index in [1.54, 1.807) is 12.1 Å². The Labute approximate surface area is 95.4 Å². The molecule has 1 aromatic carbocycles. The van der Waals surface area contributed by atoms with Crippen molar-refractivity contribution in [2.75, 3.05) is 0 Å². The maximum absolute atomic E-state index is 10.5. The van der Waals surface area contributed by atoms with Crippen molar-refractivity contribution in [2.45, 2.75) is 13.1 Å². The maximum Gasteiger partial charge on any atom is 0.270 e. The average Bonchev–Trinajstić information content (AvgIpc) is 2.51. The number of nitro groups is 1. The molecule has 0 radical (unpaired) electrons. The van der Waals surface area contributed by atoms with E-state index in [1.807, 2.05) is 0 Å². The molecule has 6 heteroatoms. The Hall–Kier alpha value is -0.650. The molecule has 0 amide bonds. The highest BCUT2D eigenvalue weighted by Crippen LogP contribution is 2.29. The highest BCUT2D eigenvalue weighted by Gasteiger charge is 2.18. The molecule has 1 N–H and O–H groups in total. The Kier molecular flexibility index (Phi) is 3.47. The van der Waals surface area contributed by atoms with Crippen LogP contribution >= 0.6 is 28.3 Å². The van der Waals surface area contributed by atoms with Gasteiger partial charge in [-0.05, 0) is 11.1 Å². The number of rotatable bonds is 1. The van der Waals surface area contributed by atoms with Gasteiger partial charge in [0, 0.05) is 29.7 Å². The van der Waals surface area contributed by atoms with Crippen LogP contribution in [0.25, 0.3) is 0 Å². The van der Waals surface area contributed by atoms with Crippen LogP contribution in [0.1, 0.15) is 11.1 Å². The first kappa shape index (κ1) is 11.4. The standard InChI is InChI=1S/C8H7BrN2O2.ClH/c9-8-2-6(11(12)13)1-5-3-10-4-7(5)8;/h1-2,10H,3-4H2;1H. The zero-order valence-electron chi connectivity index (χ0n) is 7.12. The fraction of sp³-hybridized carbons (Fsp3) is 0.250. The first-order valence-electron chi connectivity index (χ1n) is 3.85. The van der Waals surface area contributed by atoms with Gasteiger partial charge in [-0.2, -0.15) is 0 Å². The Morgan fingerprint density at radius 2 is 2.14 bits per heavy atom. The number of hydrogen-bond donors (Lipinski definition) is 1. The maximum atomic E-state index is 10.5. The molecule has 0 unspecified atom stereocenters. The van der Waals surface area contributed by atoms with Crippen molar-refractivity contribution in [2.24, 2.45) is 0 Å². The van der Waals surface area contributed by atoms with Crippen LogP contribution in [0, 0.1) is 10.1 Å². The number of fused-ring (bicyclic) bond motifs is 1. The van der Waals surface area contributed by atoms with E-state index >= 15 is 0 Å². The van der Waals surface area contributed by atoms with Crippen molar-refractivity contribution in [1.82, 2.24) is 5.32 Å². The quantitative estimate of drug-likeness (QED) is 0.634. The van der Waals surface area contributed by atoms with Crippen molar-refractivity contribution < 1.29 is 4.92 Å². The number of nitrogens with one attached hydrogen (secondary N) is 1. The minimum Gasteiger partial charge on any atom is -0.309 e. The summed E-state index contributed by atoms with van der Waals surface area (Å²) in [4.78, 5) is 10.1. The van der Waals surface area contributed by atoms with E-state index in [0.717, 1.165) is 28.7 Å². The molecule has 0 bridgehead atoms. The lowest BCUT2D eigenvalue weighted by Gasteiger charge is -2.00. The minimum atomic E-state index is -0.372. The summed E-state index contributed by atoms with van der Waals surface area (Å²) in [5.41, 5.74) is 2.29. The highest BCUT2D eigenvalue weighted by molar-refractivity contribution is 9.10. The molecule has 4 nitrogen and oxygen atoms in total. The van der Waals surface area contributed by atoms with Gasteiger partial charge in [0.2, 0.25) is 0 Å². The third kappa shape index (κ3) is 1.89. The fourth-order valence-electron chi connectivity index (χ4n) is 1.46. The molecular weight excluding hydrogens is 271 g/mol. The van der Waals surface area contributed by atoms with Gasteiger partial charge in [0.25, 0.3) is 5.69 Å². The number of nitrogens with zero attached hydrogens (tertiary/aromatic N) is 1. The smallest absolute Gasteiger partial charge is 0.270 e. The third-order valence-electron chi connectivity index (χ3n) is 2.10. The zero-order chi connectivity index (χ0) is 9.42. The molecule has 76 valence electrons. The van der Waals surface area contributed by atoms with Crippen LogP contribution in [0.3, 0.4) is 0 Å². The predicted octanol–water partition coefficient (Wildman–Crippen LogP) is 2.38. The largest absolute Gasteiger partial charge is 0.309 e. The van der Waals surface area contributed by atoms with Crippen LogP contribution < -0.4 is 5.32 Å². The Morgan fingerprint density at radius 3 is 2.79 bits per heavy atom. The summed E-state index contributed by atoms with van der Waals surface area (Å²) in [5.74, 6) is 0. The Bertz CT molecular complexity index is 384. The summed E-state index contributed by atoms with van der Waals surface area (Å²) in [6, 6.07) is 3.17. The van der Waals surface area contributed by atoms with E-state index in [0.29, 0.717) is 0 Å². The fourth-order valence-corrected chi connectivity index (χ4v) is 2.09. The number of non-ortho nitro benzene ring substituents is 1. The molecule has 0 atom stereocenters. The third-order valence-corrected chi connectivity index (χ3v) is 2.81. The van der Waals surface area contributed by atoms with Crippen molar-refractivity contribution in [1.29, 1.82) is 0 Å². The predicted molar refractivity (Wildman–Crippen MR) is 58.6 cm³/mol. The van der Waals surface area contributed by atoms with Crippen molar-refractivity contribution in [3.63, 3.8) is 0 Å². The van der Waals surface area contributed by atoms with Crippen LogP contribution in [0.4, 0.5) is 5.69 Å². The van der Waals surface area contributed by atoms with Gasteiger partial charge in [-0.15, -0.1) is 12.4 Å². The van der Waals surface area contributed by atoms with Crippen molar-refractivity contribution in [3.05, 3.63) is 37.8 Å². The van der Waals surface area contributed by atoms with E-state index in [-0.39, 0.29) is 23.0 Å². The van der Waals surface area contributed by atoms with Gasteiger partial charge < -0.3 is 5.32 Å². The van der Waals surface area contributed by atoms with E-state index in [2.05, 4.69) is 21.2 Å². The summed E-state index contributed by atoms with van der Waals surface area (Å²) >= 11 is 3.32.